The molecule has 4 heteroatoms. The standard InChI is InChI=1S/C50H38N2O2/c1-53-45-31-27-43(28-32-45)51-39-19-11-35(12-20-39)47-7-3-5-9-49(47)37-15-23-41(24-16-37)52(44-29-33-46(54-2)34-30-44)42-25-17-38(18-26-42)50-10-6-4-8-48(50)36-13-21-40(51)22-14-36/h3-34H,1-2H3. The van der Waals surface area contributed by atoms with Crippen molar-refractivity contribution >= 4 is 34.1 Å². The molecule has 0 saturated carbocycles. The smallest absolute Gasteiger partial charge is 0.119 e. The van der Waals surface area contributed by atoms with E-state index in [-0.39, 0.29) is 0 Å². The van der Waals surface area contributed by atoms with Gasteiger partial charge >= 0.3 is 0 Å². The van der Waals surface area contributed by atoms with Crippen LogP contribution in [0.2, 0.25) is 0 Å². The van der Waals surface area contributed by atoms with E-state index in [2.05, 4.69) is 180 Å². The average Bonchev–Trinajstić information content (AvgIpc) is 3.25. The second-order valence-electron chi connectivity index (χ2n) is 13.3. The van der Waals surface area contributed by atoms with Gasteiger partial charge in [0.25, 0.3) is 0 Å². The van der Waals surface area contributed by atoms with Gasteiger partial charge in [-0.15, -0.1) is 0 Å². The Morgan fingerprint density at radius 1 is 0.259 bits per heavy atom. The van der Waals surface area contributed by atoms with Gasteiger partial charge in [0.15, 0.2) is 0 Å². The van der Waals surface area contributed by atoms with Crippen LogP contribution >= 0.6 is 0 Å². The van der Waals surface area contributed by atoms with Crippen molar-refractivity contribution in [3.05, 3.63) is 194 Å². The zero-order valence-electron chi connectivity index (χ0n) is 30.2. The van der Waals surface area contributed by atoms with Crippen molar-refractivity contribution < 1.29 is 9.47 Å². The summed E-state index contributed by atoms with van der Waals surface area (Å²) in [7, 11) is 3.40. The molecule has 0 saturated heterocycles. The van der Waals surface area contributed by atoms with Gasteiger partial charge < -0.3 is 19.3 Å². The summed E-state index contributed by atoms with van der Waals surface area (Å²) in [4.78, 5) is 4.59. The first-order chi connectivity index (χ1) is 26.7. The van der Waals surface area contributed by atoms with Gasteiger partial charge in [-0.05, 0) is 142 Å². The van der Waals surface area contributed by atoms with E-state index in [1.807, 2.05) is 24.3 Å². The fourth-order valence-electron chi connectivity index (χ4n) is 7.49. The van der Waals surface area contributed by atoms with Gasteiger partial charge in [0.2, 0.25) is 0 Å². The molecule has 260 valence electrons. The summed E-state index contributed by atoms with van der Waals surface area (Å²) in [6, 6.07) is 69.3. The summed E-state index contributed by atoms with van der Waals surface area (Å²) >= 11 is 0. The van der Waals surface area contributed by atoms with Crippen molar-refractivity contribution in [2.45, 2.75) is 0 Å². The quantitative estimate of drug-likeness (QED) is 0.183. The monoisotopic (exact) mass is 698 g/mol. The van der Waals surface area contributed by atoms with Crippen molar-refractivity contribution in [1.29, 1.82) is 0 Å². The summed E-state index contributed by atoms with van der Waals surface area (Å²) in [5, 5.41) is 0. The van der Waals surface area contributed by atoms with Crippen molar-refractivity contribution in [1.82, 2.24) is 0 Å². The molecule has 7 heterocycles. The van der Waals surface area contributed by atoms with Gasteiger partial charge in [-0.1, -0.05) is 97.1 Å². The lowest BCUT2D eigenvalue weighted by Crippen LogP contribution is -2.10. The van der Waals surface area contributed by atoms with Gasteiger partial charge in [0.1, 0.15) is 11.5 Å². The summed E-state index contributed by atoms with van der Waals surface area (Å²) in [5.74, 6) is 1.65. The number of ether oxygens (including phenoxy) is 2. The van der Waals surface area contributed by atoms with Crippen LogP contribution in [0.25, 0.3) is 44.5 Å². The van der Waals surface area contributed by atoms with Gasteiger partial charge in [-0.2, -0.15) is 0 Å². The number of hydrogen-bond donors (Lipinski definition) is 0. The molecule has 0 fully saturated rings. The average molecular weight is 699 g/mol. The van der Waals surface area contributed by atoms with Gasteiger partial charge in [0, 0.05) is 34.1 Å². The lowest BCUT2D eigenvalue weighted by molar-refractivity contribution is 0.414. The summed E-state index contributed by atoms with van der Waals surface area (Å²) in [5.41, 5.74) is 15.7. The van der Waals surface area contributed by atoms with Crippen molar-refractivity contribution in [3.8, 4) is 56.0 Å². The third-order valence-electron chi connectivity index (χ3n) is 10.3. The molecule has 8 bridgehead atoms. The largest absolute Gasteiger partial charge is 0.497 e. The maximum atomic E-state index is 5.50. The van der Waals surface area contributed by atoms with E-state index in [9.17, 15) is 0 Å². The predicted octanol–water partition coefficient (Wildman–Crippen LogP) is 13.6. The Balaban J connectivity index is 1.23. The Kier molecular flexibility index (Phi) is 8.62. The molecule has 0 spiro atoms. The van der Waals surface area contributed by atoms with E-state index in [1.54, 1.807) is 14.2 Å². The number of methoxy groups -OCH3 is 2. The molecule has 0 aliphatic carbocycles. The molecule has 0 N–H and O–H groups in total. The lowest BCUT2D eigenvalue weighted by Gasteiger charge is -2.27. The van der Waals surface area contributed by atoms with E-state index in [0.29, 0.717) is 0 Å². The number of anilines is 6. The summed E-state index contributed by atoms with van der Waals surface area (Å²) in [6.45, 7) is 0. The zero-order chi connectivity index (χ0) is 36.4. The normalized spacial score (nSPS) is 11.8. The number of hydrogen-bond acceptors (Lipinski definition) is 4. The van der Waals surface area contributed by atoms with Crippen molar-refractivity contribution in [3.63, 3.8) is 0 Å². The SMILES string of the molecule is COc1ccc(N2c3ccc(cc3)-c3ccccc3-c3ccc(cc3)N(c3ccc(OC)cc3)c3ccc(cc3)-c3ccccc3-c3ccc2cc3)cc1. The Morgan fingerprint density at radius 3 is 0.667 bits per heavy atom. The number of rotatable bonds is 4. The van der Waals surface area contributed by atoms with Crippen LogP contribution in [0.15, 0.2) is 194 Å². The fourth-order valence-corrected chi connectivity index (χ4v) is 7.49. The van der Waals surface area contributed by atoms with Gasteiger partial charge in [-0.25, -0.2) is 0 Å². The molecule has 0 unspecified atom stereocenters. The highest BCUT2D eigenvalue weighted by Gasteiger charge is 2.18. The van der Waals surface area contributed by atoms with Crippen LogP contribution in [0, 0.1) is 0 Å². The minimum absolute atomic E-state index is 0.826. The lowest BCUT2D eigenvalue weighted by atomic mass is 9.93. The van der Waals surface area contributed by atoms with E-state index in [4.69, 9.17) is 9.47 Å². The fraction of sp³-hybridized carbons (Fsp3) is 0.0400. The molecule has 54 heavy (non-hydrogen) atoms. The van der Waals surface area contributed by atoms with E-state index >= 15 is 0 Å². The van der Waals surface area contributed by atoms with Crippen molar-refractivity contribution in [2.75, 3.05) is 24.0 Å². The van der Waals surface area contributed by atoms with Crippen LogP contribution in [0.3, 0.4) is 0 Å². The highest BCUT2D eigenvalue weighted by atomic mass is 16.5. The summed E-state index contributed by atoms with van der Waals surface area (Å²) < 4.78 is 11.0. The Labute approximate surface area is 316 Å². The van der Waals surface area contributed by atoms with Crippen LogP contribution in [0.5, 0.6) is 11.5 Å². The highest BCUT2D eigenvalue weighted by Crippen LogP contribution is 2.42. The van der Waals surface area contributed by atoms with Gasteiger partial charge in [0.05, 0.1) is 14.2 Å². The number of nitrogens with zero attached hydrogens (tertiary/aromatic N) is 2. The second kappa shape index (κ2) is 14.2. The molecule has 7 aliphatic heterocycles. The Hall–Kier alpha value is -7.04. The molecule has 8 aromatic carbocycles. The maximum Gasteiger partial charge on any atom is 0.119 e. The van der Waals surface area contributed by atoms with Crippen LogP contribution < -0.4 is 19.3 Å². The van der Waals surface area contributed by atoms with Gasteiger partial charge in [-0.3, -0.25) is 0 Å². The molecule has 0 radical (unpaired) electrons. The first-order valence-electron chi connectivity index (χ1n) is 18.1. The predicted molar refractivity (Wildman–Crippen MR) is 224 cm³/mol. The Morgan fingerprint density at radius 2 is 0.463 bits per heavy atom. The van der Waals surface area contributed by atoms with E-state index in [0.717, 1.165) is 67.9 Å². The molecule has 0 aromatic heterocycles. The molecule has 8 aromatic rings. The molecule has 0 atom stereocenters. The van der Waals surface area contributed by atoms with E-state index < -0.39 is 0 Å². The van der Waals surface area contributed by atoms with E-state index in [1.165, 1.54) is 22.3 Å². The van der Waals surface area contributed by atoms with Crippen LogP contribution in [-0.2, 0) is 0 Å². The molecular weight excluding hydrogens is 661 g/mol. The second-order valence-corrected chi connectivity index (χ2v) is 13.3. The third kappa shape index (κ3) is 6.14. The molecule has 7 aliphatic rings. The number of benzene rings is 8. The molecule has 15 rings (SSSR count). The maximum absolute atomic E-state index is 5.50. The topological polar surface area (TPSA) is 24.9 Å². The Bertz CT molecular complexity index is 2210. The third-order valence-corrected chi connectivity index (χ3v) is 10.3. The first-order valence-corrected chi connectivity index (χ1v) is 18.1. The minimum atomic E-state index is 0.826. The first kappa shape index (κ1) is 32.8. The molecule has 0 amide bonds. The van der Waals surface area contributed by atoms with Crippen LogP contribution in [0.1, 0.15) is 0 Å². The van der Waals surface area contributed by atoms with Crippen LogP contribution in [-0.4, -0.2) is 14.2 Å². The zero-order valence-corrected chi connectivity index (χ0v) is 30.2. The minimum Gasteiger partial charge on any atom is -0.497 e. The van der Waals surface area contributed by atoms with Crippen LogP contribution in [0.4, 0.5) is 34.1 Å². The summed E-state index contributed by atoms with van der Waals surface area (Å²) in [6.07, 6.45) is 0. The molecular formula is C50H38N2O2. The molecule has 4 nitrogen and oxygen atoms in total. The highest BCUT2D eigenvalue weighted by molar-refractivity contribution is 5.89. The van der Waals surface area contributed by atoms with Crippen molar-refractivity contribution in [2.24, 2.45) is 0 Å².